The number of nitrogens with one attached hydrogen (secondary N) is 1. The van der Waals surface area contributed by atoms with Gasteiger partial charge in [-0.2, -0.15) is 0 Å². The zero-order chi connectivity index (χ0) is 8.23. The van der Waals surface area contributed by atoms with Gasteiger partial charge in [0.2, 0.25) is 0 Å². The van der Waals surface area contributed by atoms with Crippen LogP contribution in [0.1, 0.15) is 44.9 Å². The molecule has 0 atom stereocenters. The van der Waals surface area contributed by atoms with Gasteiger partial charge in [-0.1, -0.05) is 32.1 Å². The Bertz CT molecular complexity index is 110. The van der Waals surface area contributed by atoms with E-state index in [1.807, 2.05) is 0 Å². The number of hydrogen-bond acceptors (Lipinski definition) is 1. The molecular weight excluding hydrogens is 182 g/mol. The number of rotatable bonds is 1. The third-order valence-electron chi connectivity index (χ3n) is 3.70. The van der Waals surface area contributed by atoms with Gasteiger partial charge in [-0.05, 0) is 37.8 Å². The average Bonchev–Trinajstić information content (AvgIpc) is 2.21. The molecule has 2 heteroatoms. The third kappa shape index (κ3) is 3.14. The van der Waals surface area contributed by atoms with Gasteiger partial charge < -0.3 is 5.32 Å². The van der Waals surface area contributed by atoms with Crippen molar-refractivity contribution in [3.8, 4) is 0 Å². The van der Waals surface area contributed by atoms with Gasteiger partial charge in [0.25, 0.3) is 0 Å². The predicted octanol–water partition coefficient (Wildman–Crippen LogP) is 2.99. The zero-order valence-electron chi connectivity index (χ0n) is 8.43. The van der Waals surface area contributed by atoms with Gasteiger partial charge >= 0.3 is 0 Å². The van der Waals surface area contributed by atoms with E-state index in [0.29, 0.717) is 0 Å². The second-order valence-corrected chi connectivity index (χ2v) is 4.49. The number of halogens is 1. The van der Waals surface area contributed by atoms with Crippen molar-refractivity contribution in [3.05, 3.63) is 0 Å². The Morgan fingerprint density at radius 1 is 0.692 bits per heavy atom. The topological polar surface area (TPSA) is 12.0 Å². The molecule has 1 aliphatic heterocycles. The highest BCUT2D eigenvalue weighted by atomic mass is 35.5. The zero-order valence-corrected chi connectivity index (χ0v) is 9.24. The lowest BCUT2D eigenvalue weighted by molar-refractivity contribution is 0.204. The summed E-state index contributed by atoms with van der Waals surface area (Å²) in [5, 5.41) is 3.45. The number of hydrogen-bond donors (Lipinski definition) is 1. The minimum atomic E-state index is 0. The first-order valence-corrected chi connectivity index (χ1v) is 5.67. The van der Waals surface area contributed by atoms with E-state index in [-0.39, 0.29) is 12.4 Å². The minimum absolute atomic E-state index is 0. The van der Waals surface area contributed by atoms with Gasteiger partial charge in [-0.15, -0.1) is 12.4 Å². The molecule has 1 N–H and O–H groups in total. The lowest BCUT2D eigenvalue weighted by Crippen LogP contribution is -2.32. The molecule has 1 saturated carbocycles. The summed E-state index contributed by atoms with van der Waals surface area (Å²) in [6.45, 7) is 2.56. The molecule has 1 saturated heterocycles. The van der Waals surface area contributed by atoms with E-state index in [1.165, 1.54) is 58.0 Å². The Kier molecular flexibility index (Phi) is 5.12. The maximum Gasteiger partial charge on any atom is -0.00462 e. The maximum absolute atomic E-state index is 3.45. The van der Waals surface area contributed by atoms with E-state index >= 15 is 0 Å². The van der Waals surface area contributed by atoms with Gasteiger partial charge in [0.05, 0.1) is 0 Å². The first-order chi connectivity index (χ1) is 5.97. The van der Waals surface area contributed by atoms with Crippen LogP contribution < -0.4 is 5.32 Å². The largest absolute Gasteiger partial charge is 0.317 e. The summed E-state index contributed by atoms with van der Waals surface area (Å²) in [5.41, 5.74) is 0. The van der Waals surface area contributed by atoms with Crippen molar-refractivity contribution in [2.75, 3.05) is 13.1 Å². The summed E-state index contributed by atoms with van der Waals surface area (Å²) in [6.07, 6.45) is 10.5. The van der Waals surface area contributed by atoms with E-state index in [0.717, 1.165) is 11.8 Å². The van der Waals surface area contributed by atoms with E-state index < -0.39 is 0 Å². The van der Waals surface area contributed by atoms with Crippen molar-refractivity contribution >= 4 is 12.4 Å². The Morgan fingerprint density at radius 2 is 1.23 bits per heavy atom. The lowest BCUT2D eigenvalue weighted by atomic mass is 9.76. The first kappa shape index (κ1) is 11.3. The summed E-state index contributed by atoms with van der Waals surface area (Å²) in [5.74, 6) is 2.17. The fourth-order valence-electron chi connectivity index (χ4n) is 2.92. The second-order valence-electron chi connectivity index (χ2n) is 4.49. The van der Waals surface area contributed by atoms with E-state index in [9.17, 15) is 0 Å². The monoisotopic (exact) mass is 203 g/mol. The van der Waals surface area contributed by atoms with E-state index in [4.69, 9.17) is 0 Å². The summed E-state index contributed by atoms with van der Waals surface area (Å²) in [7, 11) is 0. The highest BCUT2D eigenvalue weighted by Gasteiger charge is 2.24. The van der Waals surface area contributed by atoms with Gasteiger partial charge in [-0.3, -0.25) is 0 Å². The van der Waals surface area contributed by atoms with Crippen LogP contribution in [0.25, 0.3) is 0 Å². The first-order valence-electron chi connectivity index (χ1n) is 5.67. The lowest BCUT2D eigenvalue weighted by Gasteiger charge is -2.33. The number of piperidine rings is 1. The summed E-state index contributed by atoms with van der Waals surface area (Å²) in [4.78, 5) is 0. The van der Waals surface area contributed by atoms with Gasteiger partial charge in [0.15, 0.2) is 0 Å². The Hall–Kier alpha value is 0.250. The Labute approximate surface area is 88.1 Å². The highest BCUT2D eigenvalue weighted by molar-refractivity contribution is 5.85. The smallest absolute Gasteiger partial charge is 0.00462 e. The molecule has 78 valence electrons. The summed E-state index contributed by atoms with van der Waals surface area (Å²) in [6, 6.07) is 0. The van der Waals surface area contributed by atoms with E-state index in [2.05, 4.69) is 5.32 Å². The van der Waals surface area contributed by atoms with Crippen LogP contribution in [0.15, 0.2) is 0 Å². The Morgan fingerprint density at radius 3 is 1.85 bits per heavy atom. The maximum atomic E-state index is 3.45. The summed E-state index contributed by atoms with van der Waals surface area (Å²) < 4.78 is 0. The summed E-state index contributed by atoms with van der Waals surface area (Å²) >= 11 is 0. The molecule has 1 aliphatic carbocycles. The van der Waals surface area contributed by atoms with Crippen molar-refractivity contribution in [2.24, 2.45) is 11.8 Å². The second kappa shape index (κ2) is 5.87. The van der Waals surface area contributed by atoms with Crippen LogP contribution >= 0.6 is 12.4 Å². The van der Waals surface area contributed by atoms with Crippen molar-refractivity contribution in [3.63, 3.8) is 0 Å². The van der Waals surface area contributed by atoms with E-state index in [1.54, 1.807) is 0 Å². The Balaban J connectivity index is 0.000000845. The van der Waals surface area contributed by atoms with Crippen molar-refractivity contribution in [2.45, 2.75) is 44.9 Å². The van der Waals surface area contributed by atoms with Crippen LogP contribution in [0.4, 0.5) is 0 Å². The van der Waals surface area contributed by atoms with Crippen LogP contribution in [-0.2, 0) is 0 Å². The quantitative estimate of drug-likeness (QED) is 0.691. The standard InChI is InChI=1S/C11H21N.ClH/c1-2-4-10(5-3-1)11-6-8-12-9-7-11;/h10-12H,1-9H2;1H. The predicted molar refractivity (Wildman–Crippen MR) is 59.4 cm³/mol. The molecule has 0 aromatic rings. The molecule has 1 heterocycles. The molecule has 2 aliphatic rings. The third-order valence-corrected chi connectivity index (χ3v) is 3.70. The van der Waals surface area contributed by atoms with Crippen LogP contribution in [0.3, 0.4) is 0 Å². The van der Waals surface area contributed by atoms with Crippen molar-refractivity contribution < 1.29 is 0 Å². The van der Waals surface area contributed by atoms with Crippen LogP contribution in [0, 0.1) is 11.8 Å². The fraction of sp³-hybridized carbons (Fsp3) is 1.00. The molecule has 1 nitrogen and oxygen atoms in total. The minimum Gasteiger partial charge on any atom is -0.317 e. The van der Waals surface area contributed by atoms with Crippen LogP contribution in [-0.4, -0.2) is 13.1 Å². The molecule has 0 aromatic heterocycles. The fourth-order valence-corrected chi connectivity index (χ4v) is 2.92. The van der Waals surface area contributed by atoms with Crippen LogP contribution in [0.5, 0.6) is 0 Å². The molecular formula is C11H22ClN. The molecule has 0 aromatic carbocycles. The van der Waals surface area contributed by atoms with Crippen molar-refractivity contribution in [1.82, 2.24) is 5.32 Å². The molecule has 0 amide bonds. The molecule has 0 unspecified atom stereocenters. The molecule has 0 bridgehead atoms. The normalized spacial score (nSPS) is 26.8. The molecule has 13 heavy (non-hydrogen) atoms. The van der Waals surface area contributed by atoms with Crippen molar-refractivity contribution in [1.29, 1.82) is 0 Å². The molecule has 2 rings (SSSR count). The van der Waals surface area contributed by atoms with Gasteiger partial charge in [-0.25, -0.2) is 0 Å². The molecule has 0 spiro atoms. The van der Waals surface area contributed by atoms with Gasteiger partial charge in [0.1, 0.15) is 0 Å². The van der Waals surface area contributed by atoms with Crippen LogP contribution in [0.2, 0.25) is 0 Å². The molecule has 2 fully saturated rings. The molecule has 0 radical (unpaired) electrons. The average molecular weight is 204 g/mol. The van der Waals surface area contributed by atoms with Gasteiger partial charge in [0, 0.05) is 0 Å². The highest BCUT2D eigenvalue weighted by Crippen LogP contribution is 2.34. The SMILES string of the molecule is C1CCC(C2CCNCC2)CC1.Cl.